The Morgan fingerprint density at radius 3 is 3.00 bits per heavy atom. The minimum atomic E-state index is 0.243. The van der Waals surface area contributed by atoms with Gasteiger partial charge in [-0.3, -0.25) is 9.78 Å². The molecule has 1 aliphatic heterocycles. The molecule has 0 spiro atoms. The van der Waals surface area contributed by atoms with Crippen LogP contribution in [0.2, 0.25) is 0 Å². The number of benzene rings is 1. The van der Waals surface area contributed by atoms with Crippen molar-refractivity contribution in [3.8, 4) is 34.3 Å². The van der Waals surface area contributed by atoms with Crippen molar-refractivity contribution < 1.29 is 9.47 Å². The first-order chi connectivity index (χ1) is 13.3. The van der Waals surface area contributed by atoms with Crippen molar-refractivity contribution in [3.63, 3.8) is 0 Å². The van der Waals surface area contributed by atoms with E-state index in [4.69, 9.17) is 9.47 Å². The molecule has 5 aromatic rings. The van der Waals surface area contributed by atoms with Gasteiger partial charge in [-0.25, -0.2) is 14.5 Å². The Morgan fingerprint density at radius 1 is 1.11 bits per heavy atom. The van der Waals surface area contributed by atoms with Gasteiger partial charge in [0.15, 0.2) is 28.6 Å². The van der Waals surface area contributed by atoms with Gasteiger partial charge < -0.3 is 9.47 Å². The van der Waals surface area contributed by atoms with Crippen LogP contribution >= 0.6 is 0 Å². The van der Waals surface area contributed by atoms with Gasteiger partial charge in [0.2, 0.25) is 6.79 Å². The van der Waals surface area contributed by atoms with E-state index < -0.39 is 0 Å². The SMILES string of the molecule is Cn1ncc2c1ncn1nc(-c3cc(-c4ccc5c(c4)OCO5)n[nH]3)nc21. The van der Waals surface area contributed by atoms with Crippen LogP contribution < -0.4 is 9.47 Å². The van der Waals surface area contributed by atoms with Gasteiger partial charge >= 0.3 is 0 Å². The zero-order valence-electron chi connectivity index (χ0n) is 14.1. The topological polar surface area (TPSA) is 108 Å². The van der Waals surface area contributed by atoms with Crippen LogP contribution in [-0.2, 0) is 7.05 Å². The summed E-state index contributed by atoms with van der Waals surface area (Å²) in [5.41, 5.74) is 3.85. The number of hydrogen-bond donors (Lipinski definition) is 1. The molecule has 0 bridgehead atoms. The molecule has 0 saturated carbocycles. The van der Waals surface area contributed by atoms with Crippen LogP contribution in [0.1, 0.15) is 0 Å². The number of rotatable bonds is 2. The van der Waals surface area contributed by atoms with E-state index in [1.165, 1.54) is 0 Å². The molecule has 10 heteroatoms. The zero-order valence-corrected chi connectivity index (χ0v) is 14.1. The van der Waals surface area contributed by atoms with Crippen molar-refractivity contribution in [2.45, 2.75) is 0 Å². The number of ether oxygens (including phenoxy) is 2. The summed E-state index contributed by atoms with van der Waals surface area (Å²) in [6.07, 6.45) is 3.37. The van der Waals surface area contributed by atoms with Crippen LogP contribution in [0.4, 0.5) is 0 Å². The fourth-order valence-corrected chi connectivity index (χ4v) is 3.19. The second-order valence-corrected chi connectivity index (χ2v) is 6.19. The molecule has 0 amide bonds. The molecule has 4 aromatic heterocycles. The number of nitrogens with one attached hydrogen (secondary N) is 1. The summed E-state index contributed by atoms with van der Waals surface area (Å²) >= 11 is 0. The lowest BCUT2D eigenvalue weighted by Crippen LogP contribution is -1.94. The second-order valence-electron chi connectivity index (χ2n) is 6.19. The molecule has 27 heavy (non-hydrogen) atoms. The van der Waals surface area contributed by atoms with Crippen LogP contribution in [0.15, 0.2) is 36.8 Å². The highest BCUT2D eigenvalue weighted by Gasteiger charge is 2.17. The highest BCUT2D eigenvalue weighted by atomic mass is 16.7. The molecule has 6 rings (SSSR count). The van der Waals surface area contributed by atoms with E-state index in [1.807, 2.05) is 31.3 Å². The van der Waals surface area contributed by atoms with Crippen molar-refractivity contribution in [3.05, 3.63) is 36.8 Å². The summed E-state index contributed by atoms with van der Waals surface area (Å²) in [6.45, 7) is 0.243. The second kappa shape index (κ2) is 5.04. The lowest BCUT2D eigenvalue weighted by molar-refractivity contribution is 0.174. The van der Waals surface area contributed by atoms with E-state index in [1.54, 1.807) is 21.7 Å². The molecule has 1 aliphatic rings. The molecular weight excluding hydrogens is 348 g/mol. The van der Waals surface area contributed by atoms with E-state index in [2.05, 4.69) is 30.4 Å². The van der Waals surface area contributed by atoms with Gasteiger partial charge in [-0.1, -0.05) is 0 Å². The predicted molar refractivity (Wildman–Crippen MR) is 94.2 cm³/mol. The van der Waals surface area contributed by atoms with Gasteiger partial charge in [0.05, 0.1) is 17.3 Å². The molecule has 10 nitrogen and oxygen atoms in total. The molecule has 0 atom stereocenters. The van der Waals surface area contributed by atoms with Crippen LogP contribution in [0.5, 0.6) is 11.5 Å². The third-order valence-electron chi connectivity index (χ3n) is 4.56. The highest BCUT2D eigenvalue weighted by Crippen LogP contribution is 2.36. The molecule has 132 valence electrons. The quantitative estimate of drug-likeness (QED) is 0.511. The van der Waals surface area contributed by atoms with Crippen molar-refractivity contribution in [2.75, 3.05) is 6.79 Å². The molecule has 0 aliphatic carbocycles. The first-order valence-corrected chi connectivity index (χ1v) is 8.25. The molecular formula is C17H12N8O2. The van der Waals surface area contributed by atoms with E-state index in [0.29, 0.717) is 22.9 Å². The fourth-order valence-electron chi connectivity index (χ4n) is 3.19. The number of aromatic nitrogens is 8. The first-order valence-electron chi connectivity index (χ1n) is 8.25. The number of aromatic amines is 1. The number of hydrogen-bond acceptors (Lipinski definition) is 7. The average Bonchev–Trinajstić information content (AvgIpc) is 3.45. The maximum Gasteiger partial charge on any atom is 0.231 e. The maximum absolute atomic E-state index is 5.43. The Kier molecular flexibility index (Phi) is 2.66. The average molecular weight is 360 g/mol. The van der Waals surface area contributed by atoms with Gasteiger partial charge in [-0.15, -0.1) is 5.10 Å². The van der Waals surface area contributed by atoms with Crippen LogP contribution in [0.25, 0.3) is 39.5 Å². The Balaban J connectivity index is 1.44. The zero-order chi connectivity index (χ0) is 18.0. The van der Waals surface area contributed by atoms with E-state index in [0.717, 1.165) is 28.0 Å². The van der Waals surface area contributed by atoms with Gasteiger partial charge in [-0.2, -0.15) is 10.2 Å². The molecule has 0 fully saturated rings. The molecule has 1 aromatic carbocycles. The normalized spacial score (nSPS) is 13.1. The van der Waals surface area contributed by atoms with Crippen LogP contribution in [-0.4, -0.2) is 46.4 Å². The summed E-state index contributed by atoms with van der Waals surface area (Å²) in [5, 5.41) is 17.0. The molecule has 5 heterocycles. The fraction of sp³-hybridized carbons (Fsp3) is 0.118. The molecule has 0 radical (unpaired) electrons. The molecule has 0 saturated heterocycles. The predicted octanol–water partition coefficient (Wildman–Crippen LogP) is 1.80. The summed E-state index contributed by atoms with van der Waals surface area (Å²) in [6, 6.07) is 7.62. The van der Waals surface area contributed by atoms with Crippen molar-refractivity contribution in [1.82, 2.24) is 39.6 Å². The Morgan fingerprint density at radius 2 is 2.04 bits per heavy atom. The lowest BCUT2D eigenvalue weighted by Gasteiger charge is -1.98. The van der Waals surface area contributed by atoms with Gasteiger partial charge in [0.25, 0.3) is 0 Å². The smallest absolute Gasteiger partial charge is 0.231 e. The number of nitrogens with zero attached hydrogens (tertiary/aromatic N) is 7. The standard InChI is InChI=1S/C17H12N8O2/c1-24-16-10(6-19-24)17-20-15(23-25(17)7-18-16)12-5-11(21-22-12)9-2-3-13-14(4-9)27-8-26-13/h2-7H,8H2,1H3,(H,21,22). The third kappa shape index (κ3) is 2.03. The Bertz CT molecular complexity index is 1330. The Labute approximate surface area is 151 Å². The number of H-pyrrole nitrogens is 1. The minimum Gasteiger partial charge on any atom is -0.454 e. The largest absolute Gasteiger partial charge is 0.454 e. The van der Waals surface area contributed by atoms with E-state index in [9.17, 15) is 0 Å². The van der Waals surface area contributed by atoms with Gasteiger partial charge in [-0.05, 0) is 24.3 Å². The third-order valence-corrected chi connectivity index (χ3v) is 4.56. The van der Waals surface area contributed by atoms with Crippen molar-refractivity contribution in [2.24, 2.45) is 7.05 Å². The van der Waals surface area contributed by atoms with Crippen molar-refractivity contribution >= 4 is 16.7 Å². The van der Waals surface area contributed by atoms with Crippen LogP contribution in [0, 0.1) is 0 Å². The van der Waals surface area contributed by atoms with Crippen LogP contribution in [0.3, 0.4) is 0 Å². The lowest BCUT2D eigenvalue weighted by atomic mass is 10.1. The number of aryl methyl sites for hydroxylation is 1. The maximum atomic E-state index is 5.43. The Hall–Kier alpha value is -3.95. The summed E-state index contributed by atoms with van der Waals surface area (Å²) in [5.74, 6) is 1.99. The van der Waals surface area contributed by atoms with Crippen molar-refractivity contribution in [1.29, 1.82) is 0 Å². The summed E-state index contributed by atoms with van der Waals surface area (Å²) in [7, 11) is 1.84. The van der Waals surface area contributed by atoms with Gasteiger partial charge in [0.1, 0.15) is 12.0 Å². The van der Waals surface area contributed by atoms with E-state index in [-0.39, 0.29) is 6.79 Å². The monoisotopic (exact) mass is 360 g/mol. The molecule has 1 N–H and O–H groups in total. The summed E-state index contributed by atoms with van der Waals surface area (Å²) < 4.78 is 14.1. The first kappa shape index (κ1) is 14.2. The van der Waals surface area contributed by atoms with E-state index >= 15 is 0 Å². The molecule has 0 unspecified atom stereocenters. The number of fused-ring (bicyclic) bond motifs is 4. The van der Waals surface area contributed by atoms with Gasteiger partial charge in [0, 0.05) is 12.6 Å². The minimum absolute atomic E-state index is 0.243. The summed E-state index contributed by atoms with van der Waals surface area (Å²) in [4.78, 5) is 9.00. The highest BCUT2D eigenvalue weighted by molar-refractivity contribution is 5.89.